The molecule has 0 atom stereocenters. The lowest BCUT2D eigenvalue weighted by Gasteiger charge is -2.21. The highest BCUT2D eigenvalue weighted by Gasteiger charge is 2.15. The molecular formula is C12H18ClN. The van der Waals surface area contributed by atoms with Gasteiger partial charge in [-0.15, -0.1) is 0 Å². The zero-order valence-electron chi connectivity index (χ0n) is 8.80. The lowest BCUT2D eigenvalue weighted by atomic mass is 9.86. The lowest BCUT2D eigenvalue weighted by molar-refractivity contribution is 0.438. The molecule has 0 saturated heterocycles. The number of hydrogen-bond donors (Lipinski definition) is 0. The Morgan fingerprint density at radius 1 is 1.36 bits per heavy atom. The van der Waals surface area contributed by atoms with E-state index in [0.29, 0.717) is 11.1 Å². The van der Waals surface area contributed by atoms with Crippen LogP contribution in [0.4, 0.5) is 0 Å². The minimum absolute atomic E-state index is 0.545. The zero-order valence-corrected chi connectivity index (χ0v) is 9.56. The van der Waals surface area contributed by atoms with E-state index in [1.807, 2.05) is 0 Å². The summed E-state index contributed by atoms with van der Waals surface area (Å²) in [6, 6.07) is 0. The summed E-state index contributed by atoms with van der Waals surface area (Å²) >= 11 is 5.90. The first kappa shape index (κ1) is 11.5. The summed E-state index contributed by atoms with van der Waals surface area (Å²) in [7, 11) is 0. The predicted molar refractivity (Wildman–Crippen MR) is 63.8 cm³/mol. The van der Waals surface area contributed by atoms with Gasteiger partial charge in [-0.05, 0) is 31.8 Å². The highest BCUT2D eigenvalue weighted by molar-refractivity contribution is 6.30. The van der Waals surface area contributed by atoms with Crippen molar-refractivity contribution in [2.24, 2.45) is 10.9 Å². The first-order valence-corrected chi connectivity index (χ1v) is 5.65. The molecule has 0 aliphatic heterocycles. The van der Waals surface area contributed by atoms with Crippen molar-refractivity contribution in [2.75, 3.05) is 0 Å². The van der Waals surface area contributed by atoms with Crippen molar-refractivity contribution in [3.8, 4) is 0 Å². The van der Waals surface area contributed by atoms with Crippen molar-refractivity contribution >= 4 is 17.3 Å². The highest BCUT2D eigenvalue weighted by atomic mass is 35.5. The van der Waals surface area contributed by atoms with Crippen molar-refractivity contribution < 1.29 is 0 Å². The van der Waals surface area contributed by atoms with Gasteiger partial charge in [0.05, 0.1) is 0 Å². The molecule has 0 amide bonds. The Bertz CT molecular complexity index is 247. The second kappa shape index (κ2) is 6.02. The Kier molecular flexibility index (Phi) is 4.95. The van der Waals surface area contributed by atoms with Crippen molar-refractivity contribution in [3.63, 3.8) is 0 Å². The highest BCUT2D eigenvalue weighted by Crippen LogP contribution is 2.25. The molecule has 0 aromatic rings. The third-order valence-electron chi connectivity index (χ3n) is 2.73. The number of aliphatic imine (C=N–C) groups is 1. The first-order chi connectivity index (χ1) is 6.74. The van der Waals surface area contributed by atoms with Crippen LogP contribution in [0.2, 0.25) is 0 Å². The molecule has 0 radical (unpaired) electrons. The molecule has 1 fully saturated rings. The fraction of sp³-hybridized carbons (Fsp3) is 0.583. The Balaban J connectivity index is 2.57. The molecule has 0 aromatic heterocycles. The summed E-state index contributed by atoms with van der Waals surface area (Å²) in [6.07, 6.45) is 9.98. The zero-order chi connectivity index (χ0) is 10.4. The Hall–Kier alpha value is -0.560. The number of halogens is 1. The Labute approximate surface area is 91.6 Å². The van der Waals surface area contributed by atoms with E-state index in [0.717, 1.165) is 0 Å². The summed E-state index contributed by atoms with van der Waals surface area (Å²) in [5.74, 6) is 0.649. The number of hydrogen-bond acceptors (Lipinski definition) is 1. The second-order valence-corrected chi connectivity index (χ2v) is 4.20. The van der Waals surface area contributed by atoms with Crippen LogP contribution in [-0.4, -0.2) is 5.71 Å². The predicted octanol–water partition coefficient (Wildman–Crippen LogP) is 4.29. The van der Waals surface area contributed by atoms with Gasteiger partial charge in [0.2, 0.25) is 0 Å². The molecule has 1 aliphatic rings. The molecule has 78 valence electrons. The largest absolute Gasteiger partial charge is 0.246 e. The molecule has 1 rings (SSSR count). The van der Waals surface area contributed by atoms with Crippen molar-refractivity contribution in [1.29, 1.82) is 0 Å². The van der Waals surface area contributed by atoms with E-state index in [4.69, 9.17) is 11.6 Å². The Morgan fingerprint density at radius 2 is 2.00 bits per heavy atom. The van der Waals surface area contributed by atoms with Gasteiger partial charge in [-0.25, -0.2) is 4.99 Å². The van der Waals surface area contributed by atoms with Gasteiger partial charge in [0, 0.05) is 5.71 Å². The van der Waals surface area contributed by atoms with Crippen LogP contribution in [0.25, 0.3) is 0 Å². The van der Waals surface area contributed by atoms with E-state index in [1.165, 1.54) is 37.8 Å². The van der Waals surface area contributed by atoms with E-state index >= 15 is 0 Å². The second-order valence-electron chi connectivity index (χ2n) is 3.81. The Morgan fingerprint density at radius 3 is 2.57 bits per heavy atom. The van der Waals surface area contributed by atoms with Gasteiger partial charge in [-0.2, -0.15) is 0 Å². The van der Waals surface area contributed by atoms with Crippen LogP contribution in [0, 0.1) is 5.92 Å². The average molecular weight is 212 g/mol. The van der Waals surface area contributed by atoms with Gasteiger partial charge in [0.25, 0.3) is 0 Å². The summed E-state index contributed by atoms with van der Waals surface area (Å²) in [5.41, 5.74) is 1.17. The molecule has 0 unspecified atom stereocenters. The van der Waals surface area contributed by atoms with Crippen LogP contribution in [0.5, 0.6) is 0 Å². The minimum Gasteiger partial charge on any atom is -0.246 e. The van der Waals surface area contributed by atoms with Crippen LogP contribution in [-0.2, 0) is 0 Å². The monoisotopic (exact) mass is 211 g/mol. The molecular weight excluding hydrogens is 194 g/mol. The van der Waals surface area contributed by atoms with Gasteiger partial charge < -0.3 is 0 Å². The molecule has 1 aliphatic carbocycles. The molecule has 0 spiro atoms. The topological polar surface area (TPSA) is 12.4 Å². The quantitative estimate of drug-likeness (QED) is 0.375. The molecule has 1 saturated carbocycles. The van der Waals surface area contributed by atoms with Crippen LogP contribution < -0.4 is 0 Å². The van der Waals surface area contributed by atoms with Gasteiger partial charge in [0.15, 0.2) is 0 Å². The van der Waals surface area contributed by atoms with Crippen molar-refractivity contribution in [2.45, 2.75) is 39.0 Å². The lowest BCUT2D eigenvalue weighted by Crippen LogP contribution is -2.14. The number of rotatable bonds is 3. The maximum absolute atomic E-state index is 5.90. The summed E-state index contributed by atoms with van der Waals surface area (Å²) < 4.78 is 0. The van der Waals surface area contributed by atoms with E-state index < -0.39 is 0 Å². The minimum atomic E-state index is 0.545. The van der Waals surface area contributed by atoms with Crippen LogP contribution in [0.1, 0.15) is 39.0 Å². The van der Waals surface area contributed by atoms with Gasteiger partial charge >= 0.3 is 0 Å². The normalized spacial score (nSPS) is 21.0. The third-order valence-corrected chi connectivity index (χ3v) is 2.95. The summed E-state index contributed by atoms with van der Waals surface area (Å²) in [4.78, 5) is 4.36. The molecule has 0 bridgehead atoms. The average Bonchev–Trinajstić information content (AvgIpc) is 2.19. The van der Waals surface area contributed by atoms with Gasteiger partial charge in [-0.1, -0.05) is 43.5 Å². The van der Waals surface area contributed by atoms with E-state index in [1.54, 1.807) is 12.2 Å². The van der Waals surface area contributed by atoms with Crippen LogP contribution >= 0.6 is 11.6 Å². The van der Waals surface area contributed by atoms with E-state index in [9.17, 15) is 0 Å². The first-order valence-electron chi connectivity index (χ1n) is 5.27. The maximum Gasteiger partial charge on any atom is 0.128 e. The molecule has 0 N–H and O–H groups in total. The molecule has 1 nitrogen and oxygen atoms in total. The standard InChI is InChI=1S/C12H18ClN/c1-3-7-12(13)14-10(2)11-8-5-4-6-9-11/h3,7,11H,1,4-6,8-9H2,2H3/b12-7-,14-10+. The maximum atomic E-state index is 5.90. The van der Waals surface area contributed by atoms with Gasteiger partial charge in [-0.3, -0.25) is 0 Å². The van der Waals surface area contributed by atoms with Crippen molar-refractivity contribution in [1.82, 2.24) is 0 Å². The SMILES string of the molecule is C=C/C=C(Cl)\N=C(/C)C1CCCCC1. The van der Waals surface area contributed by atoms with Crippen LogP contribution in [0.15, 0.2) is 28.9 Å². The summed E-state index contributed by atoms with van der Waals surface area (Å²) in [6.45, 7) is 5.67. The fourth-order valence-corrected chi connectivity index (χ4v) is 2.14. The van der Waals surface area contributed by atoms with Crippen LogP contribution in [0.3, 0.4) is 0 Å². The van der Waals surface area contributed by atoms with Gasteiger partial charge in [0.1, 0.15) is 5.16 Å². The fourth-order valence-electron chi connectivity index (χ4n) is 1.91. The third kappa shape index (κ3) is 3.67. The van der Waals surface area contributed by atoms with E-state index in [-0.39, 0.29) is 0 Å². The van der Waals surface area contributed by atoms with Crippen molar-refractivity contribution in [3.05, 3.63) is 23.9 Å². The number of nitrogens with zero attached hydrogens (tertiary/aromatic N) is 1. The number of allylic oxidation sites excluding steroid dienone is 2. The summed E-state index contributed by atoms with van der Waals surface area (Å²) in [5, 5.41) is 0.545. The smallest absolute Gasteiger partial charge is 0.128 e. The molecule has 2 heteroatoms. The molecule has 14 heavy (non-hydrogen) atoms. The molecule has 0 heterocycles. The molecule has 0 aromatic carbocycles. The van der Waals surface area contributed by atoms with E-state index in [2.05, 4.69) is 18.5 Å².